The van der Waals surface area contributed by atoms with E-state index < -0.39 is 46.1 Å². The number of carbonyl (C=O) groups is 3. The van der Waals surface area contributed by atoms with Crippen molar-refractivity contribution >= 4 is 39.9 Å². The minimum Gasteiger partial charge on any atom is -0.480 e. The Morgan fingerprint density at radius 3 is 2.16 bits per heavy atom. The molecule has 4 unspecified atom stereocenters. The van der Waals surface area contributed by atoms with Crippen molar-refractivity contribution in [3.63, 3.8) is 0 Å². The van der Waals surface area contributed by atoms with Gasteiger partial charge in [-0.3, -0.25) is 29.8 Å². The van der Waals surface area contributed by atoms with Gasteiger partial charge in [0.1, 0.15) is 5.54 Å². The summed E-state index contributed by atoms with van der Waals surface area (Å²) >= 11 is 0. The molecule has 9 nitrogen and oxygen atoms in total. The maximum Gasteiger partial charge on any atom is 0.325 e. The number of hydrogen-bond acceptors (Lipinski definition) is 6. The van der Waals surface area contributed by atoms with E-state index >= 15 is 0 Å². The molecule has 0 saturated carbocycles. The molecule has 2 saturated heterocycles. The third-order valence-corrected chi connectivity index (χ3v) is 9.01. The molecule has 2 N–H and O–H groups in total. The lowest BCUT2D eigenvalue weighted by molar-refractivity contribution is -0.384. The van der Waals surface area contributed by atoms with Crippen LogP contribution in [0, 0.1) is 22.0 Å². The molecule has 0 aliphatic carbocycles. The number of anilines is 1. The lowest BCUT2D eigenvalue weighted by Gasteiger charge is -2.32. The first-order valence-corrected chi connectivity index (χ1v) is 14.4. The van der Waals surface area contributed by atoms with Crippen LogP contribution in [0.1, 0.15) is 42.1 Å². The molecule has 4 atom stereocenters. The Balaban J connectivity index is 1.55. The van der Waals surface area contributed by atoms with Gasteiger partial charge in [0.25, 0.3) is 5.69 Å². The normalized spacial score (nSPS) is 23.1. The number of carboxylic acid groups (broad SMARTS) is 1. The number of nitrogens with zero attached hydrogens (tertiary/aromatic N) is 2. The molecular weight excluding hydrogens is 546 g/mol. The molecule has 0 bridgehead atoms. The van der Waals surface area contributed by atoms with Crippen molar-refractivity contribution in [1.29, 1.82) is 0 Å². The maximum absolute atomic E-state index is 14.5. The maximum atomic E-state index is 14.5. The molecule has 0 aromatic heterocycles. The molecule has 218 valence electrons. The second-order valence-electron chi connectivity index (χ2n) is 11.2. The molecule has 4 aromatic rings. The molecule has 2 fully saturated rings. The van der Waals surface area contributed by atoms with Crippen LogP contribution in [0.15, 0.2) is 84.9 Å². The van der Waals surface area contributed by atoms with Crippen molar-refractivity contribution in [1.82, 2.24) is 5.32 Å². The van der Waals surface area contributed by atoms with Crippen molar-refractivity contribution in [3.05, 3.63) is 117 Å². The Labute approximate surface area is 248 Å². The molecule has 0 radical (unpaired) electrons. The van der Waals surface area contributed by atoms with Crippen molar-refractivity contribution in [2.75, 3.05) is 4.90 Å². The predicted octanol–water partition coefficient (Wildman–Crippen LogP) is 5.39. The second-order valence-corrected chi connectivity index (χ2v) is 11.2. The number of nitro groups is 1. The Morgan fingerprint density at radius 2 is 1.53 bits per heavy atom. The van der Waals surface area contributed by atoms with Crippen molar-refractivity contribution in [2.24, 2.45) is 11.8 Å². The number of amides is 2. The van der Waals surface area contributed by atoms with Gasteiger partial charge < -0.3 is 5.11 Å². The average molecular weight is 578 g/mol. The highest BCUT2D eigenvalue weighted by Gasteiger charge is 2.69. The molecule has 43 heavy (non-hydrogen) atoms. The van der Waals surface area contributed by atoms with Gasteiger partial charge in [-0.05, 0) is 45.9 Å². The fraction of sp³-hybridized carbons (Fsp3) is 0.265. The number of nitro benzene ring substituents is 1. The van der Waals surface area contributed by atoms with Gasteiger partial charge in [0.05, 0.1) is 22.4 Å². The van der Waals surface area contributed by atoms with Gasteiger partial charge in [-0.2, -0.15) is 0 Å². The van der Waals surface area contributed by atoms with Crippen molar-refractivity contribution in [3.8, 4) is 0 Å². The van der Waals surface area contributed by atoms with Gasteiger partial charge in [-0.15, -0.1) is 0 Å². The van der Waals surface area contributed by atoms with Gasteiger partial charge in [0.15, 0.2) is 0 Å². The van der Waals surface area contributed by atoms with Crippen LogP contribution in [0.5, 0.6) is 0 Å². The topological polar surface area (TPSA) is 130 Å². The fourth-order valence-electron chi connectivity index (χ4n) is 7.01. The van der Waals surface area contributed by atoms with Crippen LogP contribution in [0.3, 0.4) is 0 Å². The Kier molecular flexibility index (Phi) is 7.06. The largest absolute Gasteiger partial charge is 0.480 e. The second kappa shape index (κ2) is 10.7. The van der Waals surface area contributed by atoms with Crippen LogP contribution >= 0.6 is 0 Å². The standard InChI is InChI=1S/C34H31N3O6/c1-3-21-10-7-11-22(4-2)30(21)36-31(38)27-28(32(36)39)34(33(40)41,19-20-15-17-24(18-16-20)37(42)43)35-29(27)26-14-8-12-23-9-5-6-13-25(23)26/h5-18,27-29,35H,3-4,19H2,1-2H3,(H,40,41). The third kappa shape index (κ3) is 4.39. The van der Waals surface area contributed by atoms with Crippen molar-refractivity contribution < 1.29 is 24.4 Å². The number of carbonyl (C=O) groups excluding carboxylic acids is 2. The van der Waals surface area contributed by atoms with Gasteiger partial charge in [0, 0.05) is 24.6 Å². The summed E-state index contributed by atoms with van der Waals surface area (Å²) in [4.78, 5) is 54.4. The van der Waals surface area contributed by atoms with E-state index in [-0.39, 0.29) is 12.1 Å². The first-order chi connectivity index (χ1) is 20.7. The summed E-state index contributed by atoms with van der Waals surface area (Å²) in [5, 5.41) is 27.2. The summed E-state index contributed by atoms with van der Waals surface area (Å²) in [6.45, 7) is 3.92. The fourth-order valence-corrected chi connectivity index (χ4v) is 7.01. The highest BCUT2D eigenvalue weighted by Crippen LogP contribution is 2.52. The molecule has 0 spiro atoms. The van der Waals surface area contributed by atoms with Crippen molar-refractivity contribution in [2.45, 2.75) is 44.7 Å². The Hall–Kier alpha value is -4.89. The van der Waals surface area contributed by atoms with E-state index in [1.165, 1.54) is 29.2 Å². The molecule has 9 heteroatoms. The number of para-hydroxylation sites is 1. The number of hydrogen-bond donors (Lipinski definition) is 2. The quantitative estimate of drug-likeness (QED) is 0.163. The average Bonchev–Trinajstić information content (AvgIpc) is 3.49. The van der Waals surface area contributed by atoms with E-state index in [0.29, 0.717) is 24.1 Å². The van der Waals surface area contributed by atoms with E-state index in [4.69, 9.17) is 0 Å². The first kappa shape index (κ1) is 28.2. The zero-order valence-corrected chi connectivity index (χ0v) is 23.8. The first-order valence-electron chi connectivity index (χ1n) is 14.4. The van der Waals surface area contributed by atoms with E-state index in [2.05, 4.69) is 5.32 Å². The Morgan fingerprint density at radius 1 is 0.907 bits per heavy atom. The summed E-state index contributed by atoms with van der Waals surface area (Å²) in [5.41, 5.74) is 1.49. The minimum atomic E-state index is -1.85. The van der Waals surface area contributed by atoms with E-state index in [9.17, 15) is 29.6 Å². The molecular formula is C34H31N3O6. The summed E-state index contributed by atoms with van der Waals surface area (Å²) in [6.07, 6.45) is 1.03. The monoisotopic (exact) mass is 577 g/mol. The summed E-state index contributed by atoms with van der Waals surface area (Å²) in [6, 6.07) is 23.9. The van der Waals surface area contributed by atoms with Crippen LogP contribution in [0.4, 0.5) is 11.4 Å². The molecule has 2 aliphatic rings. The van der Waals surface area contributed by atoms with Gasteiger partial charge >= 0.3 is 5.97 Å². The number of aliphatic carboxylic acids is 1. The number of nitrogens with one attached hydrogen (secondary N) is 1. The number of aryl methyl sites for hydroxylation is 2. The molecule has 2 heterocycles. The zero-order valence-electron chi connectivity index (χ0n) is 23.8. The zero-order chi connectivity index (χ0) is 30.5. The predicted molar refractivity (Wildman–Crippen MR) is 162 cm³/mol. The van der Waals surface area contributed by atoms with Crippen LogP contribution in [0.2, 0.25) is 0 Å². The summed E-state index contributed by atoms with van der Waals surface area (Å²) in [5.74, 6) is -4.44. The van der Waals surface area contributed by atoms with E-state index in [1.807, 2.05) is 74.5 Å². The number of fused-ring (bicyclic) bond motifs is 2. The number of imide groups is 1. The molecule has 2 amide bonds. The number of benzene rings is 4. The molecule has 2 aliphatic heterocycles. The van der Waals surface area contributed by atoms with Gasteiger partial charge in [0.2, 0.25) is 11.8 Å². The van der Waals surface area contributed by atoms with Crippen LogP contribution in [-0.2, 0) is 33.6 Å². The van der Waals surface area contributed by atoms with Crippen LogP contribution in [-0.4, -0.2) is 33.4 Å². The van der Waals surface area contributed by atoms with Crippen LogP contribution in [0.25, 0.3) is 10.8 Å². The van der Waals surface area contributed by atoms with Crippen LogP contribution < -0.4 is 10.2 Å². The van der Waals surface area contributed by atoms with Gasteiger partial charge in [-0.1, -0.05) is 86.6 Å². The lowest BCUT2D eigenvalue weighted by Crippen LogP contribution is -2.57. The van der Waals surface area contributed by atoms with E-state index in [0.717, 1.165) is 27.5 Å². The highest BCUT2D eigenvalue weighted by molar-refractivity contribution is 6.25. The third-order valence-electron chi connectivity index (χ3n) is 9.01. The summed E-state index contributed by atoms with van der Waals surface area (Å²) < 4.78 is 0. The molecule has 6 rings (SSSR count). The SMILES string of the molecule is CCc1cccc(CC)c1N1C(=O)C2C(c3cccc4ccccc34)NC(Cc3ccc([N+](=O)[O-])cc3)(C(=O)O)C2C1=O. The Bertz CT molecular complexity index is 1760. The number of non-ortho nitro benzene ring substituents is 1. The van der Waals surface area contributed by atoms with E-state index in [1.54, 1.807) is 0 Å². The smallest absolute Gasteiger partial charge is 0.325 e. The number of rotatable bonds is 8. The summed E-state index contributed by atoms with van der Waals surface area (Å²) in [7, 11) is 0. The van der Waals surface area contributed by atoms with Gasteiger partial charge in [-0.25, -0.2) is 4.90 Å². The lowest BCUT2D eigenvalue weighted by atomic mass is 9.76. The minimum absolute atomic E-state index is 0.124. The molecule has 4 aromatic carbocycles. The number of carboxylic acids is 1. The highest BCUT2D eigenvalue weighted by atomic mass is 16.6.